The lowest BCUT2D eigenvalue weighted by atomic mass is 10.2. The van der Waals surface area contributed by atoms with Crippen LogP contribution in [0.25, 0.3) is 11.5 Å². The lowest BCUT2D eigenvalue weighted by Crippen LogP contribution is -1.94. The standard InChI is InChI=1S/C11H12IN3O2/c1-2-16-6-10-14-11(17-15-10)8-5-7(12)3-4-9(8)13/h3-5H,2,6,13H2,1H3. The molecule has 0 saturated carbocycles. The molecule has 0 spiro atoms. The van der Waals surface area contributed by atoms with Gasteiger partial charge in [-0.3, -0.25) is 0 Å². The second kappa shape index (κ2) is 5.46. The Morgan fingerprint density at radius 2 is 2.29 bits per heavy atom. The van der Waals surface area contributed by atoms with Crippen LogP contribution in [0.5, 0.6) is 0 Å². The van der Waals surface area contributed by atoms with Gasteiger partial charge < -0.3 is 15.0 Å². The molecule has 1 heterocycles. The maximum absolute atomic E-state index is 5.87. The van der Waals surface area contributed by atoms with E-state index in [1.54, 1.807) is 0 Å². The quantitative estimate of drug-likeness (QED) is 0.681. The highest BCUT2D eigenvalue weighted by molar-refractivity contribution is 14.1. The van der Waals surface area contributed by atoms with E-state index in [1.165, 1.54) is 0 Å². The van der Waals surface area contributed by atoms with Crippen LogP contribution in [-0.2, 0) is 11.3 Å². The summed E-state index contributed by atoms with van der Waals surface area (Å²) in [6.07, 6.45) is 0. The number of ether oxygens (including phenoxy) is 1. The fourth-order valence-corrected chi connectivity index (χ4v) is 1.82. The summed E-state index contributed by atoms with van der Waals surface area (Å²) >= 11 is 2.21. The number of aromatic nitrogens is 2. The molecular formula is C11H12IN3O2. The predicted molar refractivity (Wildman–Crippen MR) is 72.2 cm³/mol. The second-order valence-corrected chi connectivity index (χ2v) is 4.63. The number of nitrogens with zero attached hydrogens (tertiary/aromatic N) is 2. The molecule has 90 valence electrons. The van der Waals surface area contributed by atoms with Crippen LogP contribution in [0.3, 0.4) is 0 Å². The van der Waals surface area contributed by atoms with E-state index in [9.17, 15) is 0 Å². The largest absolute Gasteiger partial charge is 0.398 e. The molecule has 5 nitrogen and oxygen atoms in total. The fraction of sp³-hybridized carbons (Fsp3) is 0.273. The number of hydrogen-bond donors (Lipinski definition) is 1. The van der Waals surface area contributed by atoms with E-state index in [0.717, 1.165) is 9.13 Å². The van der Waals surface area contributed by atoms with Crippen molar-refractivity contribution in [2.45, 2.75) is 13.5 Å². The first-order chi connectivity index (χ1) is 8.20. The lowest BCUT2D eigenvalue weighted by Gasteiger charge is -2.00. The van der Waals surface area contributed by atoms with Crippen LogP contribution in [0.1, 0.15) is 12.7 Å². The Bertz CT molecular complexity index is 513. The third-order valence-corrected chi connectivity index (χ3v) is 2.82. The SMILES string of the molecule is CCOCc1noc(-c2cc(I)ccc2N)n1. The zero-order valence-corrected chi connectivity index (χ0v) is 11.5. The van der Waals surface area contributed by atoms with E-state index in [-0.39, 0.29) is 0 Å². The number of anilines is 1. The average Bonchev–Trinajstić information content (AvgIpc) is 2.78. The number of halogens is 1. The molecule has 0 bridgehead atoms. The number of nitrogens with two attached hydrogens (primary N) is 1. The van der Waals surface area contributed by atoms with Crippen molar-refractivity contribution in [2.24, 2.45) is 0 Å². The van der Waals surface area contributed by atoms with Gasteiger partial charge in [-0.1, -0.05) is 5.16 Å². The highest BCUT2D eigenvalue weighted by Crippen LogP contribution is 2.26. The molecule has 17 heavy (non-hydrogen) atoms. The maximum Gasteiger partial charge on any atom is 0.260 e. The van der Waals surface area contributed by atoms with Crippen molar-refractivity contribution in [3.05, 3.63) is 27.6 Å². The molecule has 0 fully saturated rings. The molecule has 0 aliphatic carbocycles. The molecule has 1 aromatic carbocycles. The molecule has 2 aromatic rings. The number of nitrogen functional groups attached to an aromatic ring is 1. The summed E-state index contributed by atoms with van der Waals surface area (Å²) in [5, 5.41) is 3.83. The molecule has 0 aliphatic heterocycles. The predicted octanol–water partition coefficient (Wildman–Crippen LogP) is 2.46. The third-order valence-electron chi connectivity index (χ3n) is 2.15. The first-order valence-corrected chi connectivity index (χ1v) is 6.24. The van der Waals surface area contributed by atoms with E-state index < -0.39 is 0 Å². The van der Waals surface area contributed by atoms with Crippen molar-refractivity contribution in [3.8, 4) is 11.5 Å². The van der Waals surface area contributed by atoms with E-state index in [2.05, 4.69) is 32.7 Å². The molecular weight excluding hydrogens is 333 g/mol. The molecule has 6 heteroatoms. The minimum atomic E-state index is 0.351. The summed E-state index contributed by atoms with van der Waals surface area (Å²) in [4.78, 5) is 4.23. The van der Waals surface area contributed by atoms with Gasteiger partial charge in [-0.2, -0.15) is 4.98 Å². The van der Waals surface area contributed by atoms with Gasteiger partial charge in [0.15, 0.2) is 5.82 Å². The van der Waals surface area contributed by atoms with Gasteiger partial charge >= 0.3 is 0 Å². The second-order valence-electron chi connectivity index (χ2n) is 3.38. The van der Waals surface area contributed by atoms with Gasteiger partial charge in [-0.25, -0.2) is 0 Å². The van der Waals surface area contributed by atoms with Crippen LogP contribution < -0.4 is 5.73 Å². The van der Waals surface area contributed by atoms with Crippen LogP contribution >= 0.6 is 22.6 Å². The minimum Gasteiger partial charge on any atom is -0.398 e. The van der Waals surface area contributed by atoms with Crippen molar-refractivity contribution in [3.63, 3.8) is 0 Å². The van der Waals surface area contributed by atoms with Crippen LogP contribution in [0.2, 0.25) is 0 Å². The van der Waals surface area contributed by atoms with E-state index in [4.69, 9.17) is 15.0 Å². The first-order valence-electron chi connectivity index (χ1n) is 5.16. The summed E-state index contributed by atoms with van der Waals surface area (Å²) in [5.74, 6) is 0.954. The Hall–Kier alpha value is -1.15. The molecule has 0 aliphatic rings. The number of rotatable bonds is 4. The fourth-order valence-electron chi connectivity index (χ4n) is 1.33. The summed E-state index contributed by atoms with van der Waals surface area (Å²) in [7, 11) is 0. The number of hydrogen-bond acceptors (Lipinski definition) is 5. The van der Waals surface area contributed by atoms with Gasteiger partial charge in [-0.15, -0.1) is 0 Å². The molecule has 0 saturated heterocycles. The molecule has 0 radical (unpaired) electrons. The molecule has 0 amide bonds. The van der Waals surface area contributed by atoms with Crippen molar-refractivity contribution in [2.75, 3.05) is 12.3 Å². The third kappa shape index (κ3) is 2.95. The van der Waals surface area contributed by atoms with Crippen LogP contribution in [0.15, 0.2) is 22.7 Å². The van der Waals surface area contributed by atoms with Crippen molar-refractivity contribution in [1.82, 2.24) is 10.1 Å². The Morgan fingerprint density at radius 1 is 1.47 bits per heavy atom. The Morgan fingerprint density at radius 3 is 3.06 bits per heavy atom. The summed E-state index contributed by atoms with van der Waals surface area (Å²) in [5.41, 5.74) is 7.25. The highest BCUT2D eigenvalue weighted by Gasteiger charge is 2.12. The smallest absolute Gasteiger partial charge is 0.260 e. The Balaban J connectivity index is 2.27. The molecule has 1 aromatic heterocycles. The zero-order chi connectivity index (χ0) is 12.3. The van der Waals surface area contributed by atoms with E-state index in [1.807, 2.05) is 25.1 Å². The topological polar surface area (TPSA) is 74.2 Å². The van der Waals surface area contributed by atoms with E-state index >= 15 is 0 Å². The van der Waals surface area contributed by atoms with Gasteiger partial charge in [0.1, 0.15) is 6.61 Å². The van der Waals surface area contributed by atoms with Crippen molar-refractivity contribution < 1.29 is 9.26 Å². The highest BCUT2D eigenvalue weighted by atomic mass is 127. The molecule has 0 atom stereocenters. The van der Waals surface area contributed by atoms with Crippen LogP contribution in [-0.4, -0.2) is 16.7 Å². The normalized spacial score (nSPS) is 10.7. The minimum absolute atomic E-state index is 0.351. The molecule has 0 unspecified atom stereocenters. The van der Waals surface area contributed by atoms with Gasteiger partial charge in [0, 0.05) is 15.9 Å². The average molecular weight is 345 g/mol. The van der Waals surface area contributed by atoms with Crippen LogP contribution in [0.4, 0.5) is 5.69 Å². The summed E-state index contributed by atoms with van der Waals surface area (Å²) in [6, 6.07) is 5.66. The van der Waals surface area contributed by atoms with E-state index in [0.29, 0.717) is 30.6 Å². The molecule has 2 rings (SSSR count). The summed E-state index contributed by atoms with van der Waals surface area (Å²) in [6.45, 7) is 2.89. The zero-order valence-electron chi connectivity index (χ0n) is 9.31. The maximum atomic E-state index is 5.87. The Labute approximate surface area is 112 Å². The monoisotopic (exact) mass is 345 g/mol. The van der Waals surface area contributed by atoms with Gasteiger partial charge in [0.05, 0.1) is 5.56 Å². The lowest BCUT2D eigenvalue weighted by molar-refractivity contribution is 0.126. The van der Waals surface area contributed by atoms with Gasteiger partial charge in [0.2, 0.25) is 0 Å². The van der Waals surface area contributed by atoms with Crippen LogP contribution in [0, 0.1) is 3.57 Å². The van der Waals surface area contributed by atoms with Gasteiger partial charge in [-0.05, 0) is 47.7 Å². The number of benzene rings is 1. The van der Waals surface area contributed by atoms with Crippen molar-refractivity contribution >= 4 is 28.3 Å². The molecule has 2 N–H and O–H groups in total. The van der Waals surface area contributed by atoms with Crippen molar-refractivity contribution in [1.29, 1.82) is 0 Å². The first kappa shape index (κ1) is 12.3. The summed E-state index contributed by atoms with van der Waals surface area (Å²) < 4.78 is 11.4. The Kier molecular flexibility index (Phi) is 3.95. The van der Waals surface area contributed by atoms with Gasteiger partial charge in [0.25, 0.3) is 5.89 Å².